The molecule has 0 aromatic carbocycles. The van der Waals surface area contributed by atoms with E-state index >= 15 is 0 Å². The molecule has 3 heterocycles. The van der Waals surface area contributed by atoms with Crippen LogP contribution in [0, 0.1) is 0 Å². The maximum Gasteiger partial charge on any atom is 0.150 e. The molecule has 15 nitrogen and oxygen atoms in total. The van der Waals surface area contributed by atoms with Gasteiger partial charge in [-0.1, -0.05) is 0 Å². The summed E-state index contributed by atoms with van der Waals surface area (Å²) in [6, 6.07) is 0. The molecule has 0 aliphatic carbocycles. The average Bonchev–Trinajstić information content (AvgIpc) is 2.96. The van der Waals surface area contributed by atoms with Crippen LogP contribution in [0.4, 0.5) is 0 Å². The summed E-state index contributed by atoms with van der Waals surface area (Å²) in [4.78, 5) is 19.1. The molecule has 6 N–H and O–H groups in total. The van der Waals surface area contributed by atoms with E-state index in [0.717, 1.165) is 58.9 Å². The van der Waals surface area contributed by atoms with E-state index in [1.165, 1.54) is 0 Å². The lowest BCUT2D eigenvalue weighted by molar-refractivity contribution is -0.188. The highest BCUT2D eigenvalue weighted by Crippen LogP contribution is 2.04. The molecule has 0 aromatic heterocycles. The van der Waals surface area contributed by atoms with E-state index in [1.54, 1.807) is 0 Å². The molecule has 3 aliphatic rings. The van der Waals surface area contributed by atoms with Crippen molar-refractivity contribution in [2.45, 2.75) is 0 Å². The van der Waals surface area contributed by atoms with Crippen LogP contribution in [0.2, 0.25) is 0 Å². The Hall–Kier alpha value is -0.890. The third-order valence-corrected chi connectivity index (χ3v) is 5.68. The van der Waals surface area contributed by atoms with Crippen LogP contribution in [0.5, 0.6) is 0 Å². The van der Waals surface area contributed by atoms with Gasteiger partial charge in [0.15, 0.2) is 0 Å². The van der Waals surface area contributed by atoms with Gasteiger partial charge in [-0.3, -0.25) is 24.5 Å². The maximum absolute atomic E-state index is 8.00. The molecular formula is C22H50N8O7. The zero-order valence-electron chi connectivity index (χ0n) is 22.4. The Kier molecular flexibility index (Phi) is 22.3. The summed E-state index contributed by atoms with van der Waals surface area (Å²) in [5.41, 5.74) is 16.1. The largest absolute Gasteiger partial charge is 0.340 e. The molecule has 220 valence electrons. The van der Waals surface area contributed by atoms with Gasteiger partial charge in [-0.15, -0.1) is 0 Å². The van der Waals surface area contributed by atoms with Crippen molar-refractivity contribution in [1.82, 2.24) is 24.5 Å². The van der Waals surface area contributed by atoms with Crippen LogP contribution in [-0.2, 0) is 33.2 Å². The smallest absolute Gasteiger partial charge is 0.150 e. The van der Waals surface area contributed by atoms with Gasteiger partial charge in [0.25, 0.3) is 0 Å². The van der Waals surface area contributed by atoms with Gasteiger partial charge in [-0.05, 0) is 0 Å². The fourth-order valence-electron chi connectivity index (χ4n) is 3.74. The summed E-state index contributed by atoms with van der Waals surface area (Å²) in [7, 11) is 0. The molecule has 3 rings (SSSR count). The van der Waals surface area contributed by atoms with E-state index in [-0.39, 0.29) is 0 Å². The minimum Gasteiger partial charge on any atom is -0.340 e. The van der Waals surface area contributed by atoms with Gasteiger partial charge in [-0.2, -0.15) is 0 Å². The van der Waals surface area contributed by atoms with Gasteiger partial charge in [0.05, 0.1) is 0 Å². The normalized spacial score (nSPS) is 19.8. The second-order valence-corrected chi connectivity index (χ2v) is 8.59. The molecule has 0 radical (unpaired) electrons. The zero-order chi connectivity index (χ0) is 27.0. The summed E-state index contributed by atoms with van der Waals surface area (Å²) in [5.74, 6) is 0. The fourth-order valence-corrected chi connectivity index (χ4v) is 3.74. The quantitative estimate of drug-likeness (QED) is 0.192. The zero-order valence-corrected chi connectivity index (χ0v) is 22.4. The highest BCUT2D eigenvalue weighted by molar-refractivity contribution is 5.11. The lowest BCUT2D eigenvalue weighted by Gasteiger charge is -2.33. The minimum absolute atomic E-state index is 0.393. The van der Waals surface area contributed by atoms with Crippen molar-refractivity contribution >= 4 is 6.79 Å². The topological polar surface area (TPSA) is 167 Å². The molecule has 0 atom stereocenters. The predicted octanol–water partition coefficient (Wildman–Crippen LogP) is -3.07. The van der Waals surface area contributed by atoms with Gasteiger partial charge >= 0.3 is 0 Å². The van der Waals surface area contributed by atoms with Crippen LogP contribution >= 0.6 is 0 Å². The van der Waals surface area contributed by atoms with Crippen molar-refractivity contribution in [1.29, 1.82) is 0 Å². The Morgan fingerprint density at radius 2 is 0.730 bits per heavy atom. The number of nitrogens with two attached hydrogens (primary N) is 3. The van der Waals surface area contributed by atoms with E-state index in [9.17, 15) is 0 Å². The molecule has 0 aromatic rings. The lowest BCUT2D eigenvalue weighted by atomic mass is 10.4. The number of carbonyl (C=O) groups is 1. The molecule has 37 heavy (non-hydrogen) atoms. The molecule has 15 heteroatoms. The van der Waals surface area contributed by atoms with Crippen molar-refractivity contribution < 1.29 is 33.2 Å². The van der Waals surface area contributed by atoms with Gasteiger partial charge in [0.2, 0.25) is 0 Å². The first-order chi connectivity index (χ1) is 18.2. The number of carbonyl (C=O) groups excluding carboxylic acids is 1. The van der Waals surface area contributed by atoms with Gasteiger partial charge in [0, 0.05) is 78.5 Å². The van der Waals surface area contributed by atoms with Crippen LogP contribution in [-0.4, -0.2) is 171 Å². The van der Waals surface area contributed by atoms with E-state index in [4.69, 9.17) is 50.4 Å². The summed E-state index contributed by atoms with van der Waals surface area (Å²) in [5, 5.41) is 0. The first-order valence-electron chi connectivity index (χ1n) is 12.7. The highest BCUT2D eigenvalue weighted by Gasteiger charge is 2.17. The molecule has 0 unspecified atom stereocenters. The number of hydrogen-bond donors (Lipinski definition) is 3. The lowest BCUT2D eigenvalue weighted by Crippen LogP contribution is -2.47. The first-order valence-corrected chi connectivity index (χ1v) is 12.7. The number of rotatable bonds is 15. The Bertz CT molecular complexity index is 433. The molecular weight excluding hydrogens is 488 g/mol. The van der Waals surface area contributed by atoms with Crippen LogP contribution in [0.1, 0.15) is 0 Å². The first kappa shape index (κ1) is 34.1. The van der Waals surface area contributed by atoms with Crippen LogP contribution in [0.3, 0.4) is 0 Å². The monoisotopic (exact) mass is 538 g/mol. The molecule has 0 spiro atoms. The second-order valence-electron chi connectivity index (χ2n) is 8.59. The molecule has 0 amide bonds. The Morgan fingerprint density at radius 1 is 0.486 bits per heavy atom. The van der Waals surface area contributed by atoms with Crippen molar-refractivity contribution in [3.05, 3.63) is 0 Å². The van der Waals surface area contributed by atoms with Gasteiger partial charge < -0.3 is 50.4 Å². The average molecular weight is 539 g/mol. The third kappa shape index (κ3) is 17.3. The summed E-state index contributed by atoms with van der Waals surface area (Å²) in [6.07, 6.45) is 0. The summed E-state index contributed by atoms with van der Waals surface area (Å²) >= 11 is 0. The number of ether oxygens (including phenoxy) is 6. The van der Waals surface area contributed by atoms with E-state index < -0.39 is 0 Å². The third-order valence-electron chi connectivity index (χ3n) is 5.68. The standard InChI is InChI=1S/C15H30N4O6.C6H18N4.CH2O/c1(4-17-7-20-13-21-8-17)16(2-5-18-9-22-14-23-10-18)3-6-19-11-24-15-25-12-19;7-1-4-10(5-2-8)6-3-9;1-2/h1-15H2;1-9H2;1H2. The van der Waals surface area contributed by atoms with Crippen molar-refractivity contribution in [3.63, 3.8) is 0 Å². The molecule has 0 saturated carbocycles. The van der Waals surface area contributed by atoms with Crippen LogP contribution in [0.25, 0.3) is 0 Å². The van der Waals surface area contributed by atoms with Gasteiger partial charge in [0.1, 0.15) is 67.6 Å². The maximum atomic E-state index is 8.00. The van der Waals surface area contributed by atoms with Crippen molar-refractivity contribution in [2.75, 3.05) is 139 Å². The Labute approximate surface area is 221 Å². The molecule has 3 aliphatic heterocycles. The van der Waals surface area contributed by atoms with E-state index in [0.29, 0.717) is 80.4 Å². The van der Waals surface area contributed by atoms with Crippen molar-refractivity contribution in [2.24, 2.45) is 17.2 Å². The predicted molar refractivity (Wildman–Crippen MR) is 138 cm³/mol. The molecule has 0 bridgehead atoms. The Balaban J connectivity index is 0.000000483. The SMILES string of the molecule is C1OCN(CCN(CCN2COCOC2)CCN2COCOC2)CO1.C=O.NCCN(CCN)CCN. The van der Waals surface area contributed by atoms with E-state index in [1.807, 2.05) is 6.79 Å². The van der Waals surface area contributed by atoms with Crippen LogP contribution in [0.15, 0.2) is 0 Å². The highest BCUT2D eigenvalue weighted by atomic mass is 16.7. The fraction of sp³-hybridized carbons (Fsp3) is 0.955. The minimum atomic E-state index is 0.393. The Morgan fingerprint density at radius 3 is 0.973 bits per heavy atom. The van der Waals surface area contributed by atoms with E-state index in [2.05, 4.69) is 24.5 Å². The van der Waals surface area contributed by atoms with Crippen LogP contribution < -0.4 is 17.2 Å². The summed E-state index contributed by atoms with van der Waals surface area (Å²) < 4.78 is 32.0. The second kappa shape index (κ2) is 24.2. The number of hydrogen-bond acceptors (Lipinski definition) is 15. The van der Waals surface area contributed by atoms with Gasteiger partial charge in [-0.25, -0.2) is 0 Å². The molecule has 3 saturated heterocycles. The summed E-state index contributed by atoms with van der Waals surface area (Å²) in [6.45, 7) is 17.3. The number of nitrogens with zero attached hydrogens (tertiary/aromatic N) is 5. The molecule has 3 fully saturated rings. The van der Waals surface area contributed by atoms with Crippen molar-refractivity contribution in [3.8, 4) is 0 Å².